The molecule has 2 N–H and O–H groups in total. The first kappa shape index (κ1) is 16.3. The maximum atomic E-state index is 11.8. The molecule has 1 amide bonds. The van der Waals surface area contributed by atoms with Crippen molar-refractivity contribution in [1.29, 1.82) is 0 Å². The fraction of sp³-hybridized carbons (Fsp3) is 0.0714. The van der Waals surface area contributed by atoms with E-state index in [9.17, 15) is 14.4 Å². The van der Waals surface area contributed by atoms with Crippen LogP contribution in [-0.4, -0.2) is 40.3 Å². The minimum Gasteiger partial charge on any atom is -0.478 e. The molecule has 0 aliphatic carbocycles. The van der Waals surface area contributed by atoms with Crippen LogP contribution in [0, 0.1) is 0 Å². The summed E-state index contributed by atoms with van der Waals surface area (Å²) < 4.78 is 4.69. The lowest BCUT2D eigenvalue weighted by atomic mass is 10.2. The van der Waals surface area contributed by atoms with Crippen LogP contribution in [0.15, 0.2) is 36.7 Å². The lowest BCUT2D eigenvalue weighted by molar-refractivity contribution is -0.131. The Hall–Kier alpha value is -3.07. The SMILES string of the molecule is COC(=O)c1sc(-c2ccnnc2)cc1NC(=O)/C=C\C(=O)O. The highest BCUT2D eigenvalue weighted by Crippen LogP contribution is 2.34. The van der Waals surface area contributed by atoms with E-state index in [1.165, 1.54) is 19.5 Å². The first-order valence-electron chi connectivity index (χ1n) is 6.22. The van der Waals surface area contributed by atoms with Crippen molar-refractivity contribution in [3.8, 4) is 10.4 Å². The predicted octanol–water partition coefficient (Wildman–Crippen LogP) is 1.57. The molecule has 2 aromatic rings. The van der Waals surface area contributed by atoms with Gasteiger partial charge in [0.1, 0.15) is 4.88 Å². The molecular weight excluding hydrogens is 322 g/mol. The summed E-state index contributed by atoms with van der Waals surface area (Å²) in [6, 6.07) is 3.29. The Bertz CT molecular complexity index is 770. The Morgan fingerprint density at radius 2 is 2.09 bits per heavy atom. The number of carbonyl (C=O) groups excluding carboxylic acids is 2. The topological polar surface area (TPSA) is 118 Å². The maximum absolute atomic E-state index is 11.8. The van der Waals surface area contributed by atoms with Crippen molar-refractivity contribution in [2.75, 3.05) is 12.4 Å². The molecule has 8 nitrogen and oxygen atoms in total. The zero-order valence-electron chi connectivity index (χ0n) is 11.8. The van der Waals surface area contributed by atoms with Gasteiger partial charge in [-0.1, -0.05) is 0 Å². The number of hydrogen-bond donors (Lipinski definition) is 2. The number of amides is 1. The predicted molar refractivity (Wildman–Crippen MR) is 82.1 cm³/mol. The number of nitrogens with one attached hydrogen (secondary N) is 1. The van der Waals surface area contributed by atoms with Crippen LogP contribution >= 0.6 is 11.3 Å². The first-order valence-corrected chi connectivity index (χ1v) is 7.04. The Balaban J connectivity index is 2.33. The van der Waals surface area contributed by atoms with E-state index in [4.69, 9.17) is 5.11 Å². The number of nitrogens with zero attached hydrogens (tertiary/aromatic N) is 2. The van der Waals surface area contributed by atoms with Crippen molar-refractivity contribution in [2.45, 2.75) is 0 Å². The summed E-state index contributed by atoms with van der Waals surface area (Å²) in [6.07, 6.45) is 4.57. The quantitative estimate of drug-likeness (QED) is 0.629. The molecule has 0 spiro atoms. The van der Waals surface area contributed by atoms with Crippen LogP contribution in [-0.2, 0) is 14.3 Å². The van der Waals surface area contributed by atoms with Crippen LogP contribution in [0.5, 0.6) is 0 Å². The molecule has 9 heteroatoms. The Morgan fingerprint density at radius 1 is 1.30 bits per heavy atom. The molecule has 0 aromatic carbocycles. The average molecular weight is 333 g/mol. The number of aliphatic carboxylic acids is 1. The van der Waals surface area contributed by atoms with E-state index < -0.39 is 17.8 Å². The smallest absolute Gasteiger partial charge is 0.350 e. The van der Waals surface area contributed by atoms with Gasteiger partial charge in [-0.15, -0.1) is 11.3 Å². The highest BCUT2D eigenvalue weighted by atomic mass is 32.1. The second-order valence-electron chi connectivity index (χ2n) is 4.14. The number of methoxy groups -OCH3 is 1. The van der Waals surface area contributed by atoms with Gasteiger partial charge in [0.05, 0.1) is 25.2 Å². The molecule has 2 aromatic heterocycles. The standard InChI is InChI=1S/C14H11N3O5S/c1-22-14(21)13-9(17-11(18)2-3-12(19)20)6-10(23-13)8-4-5-15-16-7-8/h2-7H,1H3,(H,17,18)(H,19,20)/b3-2-. The van der Waals surface area contributed by atoms with Crippen LogP contribution in [0.3, 0.4) is 0 Å². The molecule has 0 bridgehead atoms. The van der Waals surface area contributed by atoms with Crippen LogP contribution in [0.4, 0.5) is 5.69 Å². The largest absolute Gasteiger partial charge is 0.478 e. The van der Waals surface area contributed by atoms with E-state index in [0.29, 0.717) is 11.0 Å². The number of carboxylic acids is 1. The van der Waals surface area contributed by atoms with Crippen LogP contribution in [0.1, 0.15) is 9.67 Å². The van der Waals surface area contributed by atoms with Gasteiger partial charge in [-0.25, -0.2) is 9.59 Å². The lowest BCUT2D eigenvalue weighted by Gasteiger charge is -2.02. The van der Waals surface area contributed by atoms with Crippen molar-refractivity contribution in [2.24, 2.45) is 0 Å². The fourth-order valence-corrected chi connectivity index (χ4v) is 2.65. The molecule has 0 saturated carbocycles. The van der Waals surface area contributed by atoms with Gasteiger partial charge in [0.25, 0.3) is 0 Å². The lowest BCUT2D eigenvalue weighted by Crippen LogP contribution is -2.11. The number of hydrogen-bond acceptors (Lipinski definition) is 7. The molecule has 0 saturated heterocycles. The number of carbonyl (C=O) groups is 3. The third kappa shape index (κ3) is 4.20. The van der Waals surface area contributed by atoms with Crippen LogP contribution in [0.25, 0.3) is 10.4 Å². The Kier molecular flexibility index (Phi) is 5.15. The number of anilines is 1. The minimum atomic E-state index is -1.25. The van der Waals surface area contributed by atoms with Gasteiger partial charge in [-0.3, -0.25) is 4.79 Å². The van der Waals surface area contributed by atoms with E-state index in [2.05, 4.69) is 20.3 Å². The van der Waals surface area contributed by atoms with E-state index >= 15 is 0 Å². The summed E-state index contributed by atoms with van der Waals surface area (Å²) in [4.78, 5) is 34.8. The highest BCUT2D eigenvalue weighted by Gasteiger charge is 2.19. The van der Waals surface area contributed by atoms with Crippen molar-refractivity contribution in [1.82, 2.24) is 10.2 Å². The van der Waals surface area contributed by atoms with Gasteiger partial charge in [-0.2, -0.15) is 10.2 Å². The monoisotopic (exact) mass is 333 g/mol. The zero-order valence-corrected chi connectivity index (χ0v) is 12.7. The molecule has 0 unspecified atom stereocenters. The maximum Gasteiger partial charge on any atom is 0.350 e. The highest BCUT2D eigenvalue weighted by molar-refractivity contribution is 7.18. The summed E-state index contributed by atoms with van der Waals surface area (Å²) in [6.45, 7) is 0. The van der Waals surface area contributed by atoms with Gasteiger partial charge >= 0.3 is 11.9 Å². The van der Waals surface area contributed by atoms with E-state index in [0.717, 1.165) is 23.0 Å². The first-order chi connectivity index (χ1) is 11.0. The Labute approximate surface area is 134 Å². The van der Waals surface area contributed by atoms with Gasteiger partial charge in [-0.05, 0) is 12.1 Å². The van der Waals surface area contributed by atoms with Gasteiger partial charge in [0.15, 0.2) is 0 Å². The molecule has 118 valence electrons. The van der Waals surface area contributed by atoms with Crippen LogP contribution < -0.4 is 5.32 Å². The number of ether oxygens (including phenoxy) is 1. The van der Waals surface area contributed by atoms with Gasteiger partial charge < -0.3 is 15.2 Å². The van der Waals surface area contributed by atoms with Gasteiger partial charge in [0, 0.05) is 22.6 Å². The third-order valence-electron chi connectivity index (χ3n) is 2.61. The van der Waals surface area contributed by atoms with E-state index in [-0.39, 0.29) is 10.6 Å². The summed E-state index contributed by atoms with van der Waals surface area (Å²) in [5, 5.41) is 18.4. The number of rotatable bonds is 5. The van der Waals surface area contributed by atoms with Crippen molar-refractivity contribution in [3.05, 3.63) is 41.6 Å². The van der Waals surface area contributed by atoms with Gasteiger partial charge in [0.2, 0.25) is 5.91 Å². The molecule has 0 radical (unpaired) electrons. The van der Waals surface area contributed by atoms with Crippen molar-refractivity contribution >= 4 is 34.9 Å². The molecule has 2 heterocycles. The number of thiophene rings is 1. The Morgan fingerprint density at radius 3 is 2.70 bits per heavy atom. The second kappa shape index (κ2) is 7.27. The van der Waals surface area contributed by atoms with E-state index in [1.54, 1.807) is 12.1 Å². The van der Waals surface area contributed by atoms with Crippen molar-refractivity contribution < 1.29 is 24.2 Å². The normalized spacial score (nSPS) is 10.5. The number of aromatic nitrogens is 2. The molecule has 0 aliphatic rings. The van der Waals surface area contributed by atoms with Crippen LogP contribution in [0.2, 0.25) is 0 Å². The number of carboxylic acid groups (broad SMARTS) is 1. The van der Waals surface area contributed by atoms with Crippen molar-refractivity contribution in [3.63, 3.8) is 0 Å². The zero-order chi connectivity index (χ0) is 16.8. The summed E-state index contributed by atoms with van der Waals surface area (Å²) >= 11 is 1.11. The molecule has 2 rings (SSSR count). The average Bonchev–Trinajstić information content (AvgIpc) is 2.97. The molecule has 0 aliphatic heterocycles. The third-order valence-corrected chi connectivity index (χ3v) is 3.77. The minimum absolute atomic E-state index is 0.191. The summed E-state index contributed by atoms with van der Waals surface area (Å²) in [5.74, 6) is -2.53. The summed E-state index contributed by atoms with van der Waals surface area (Å²) in [7, 11) is 1.23. The number of esters is 1. The molecule has 0 fully saturated rings. The van der Waals surface area contributed by atoms with E-state index in [1.807, 2.05) is 0 Å². The second-order valence-corrected chi connectivity index (χ2v) is 5.19. The fourth-order valence-electron chi connectivity index (χ4n) is 1.63. The molecule has 23 heavy (non-hydrogen) atoms. The molecular formula is C14H11N3O5S. The molecule has 0 atom stereocenters. The summed E-state index contributed by atoms with van der Waals surface area (Å²) in [5.41, 5.74) is 0.949.